The van der Waals surface area contributed by atoms with Crippen molar-refractivity contribution in [1.29, 1.82) is 0 Å². The highest BCUT2D eigenvalue weighted by Crippen LogP contribution is 2.25. The van der Waals surface area contributed by atoms with Crippen LogP contribution in [0.5, 0.6) is 5.75 Å². The molecular weight excluding hydrogens is 300 g/mol. The zero-order valence-corrected chi connectivity index (χ0v) is 12.9. The molecule has 4 nitrogen and oxygen atoms in total. The van der Waals surface area contributed by atoms with Gasteiger partial charge >= 0.3 is 0 Å². The van der Waals surface area contributed by atoms with E-state index in [1.54, 1.807) is 0 Å². The van der Waals surface area contributed by atoms with Crippen LogP contribution in [0.4, 0.5) is 8.78 Å². The van der Waals surface area contributed by atoms with E-state index in [1.165, 1.54) is 6.42 Å². The van der Waals surface area contributed by atoms with Gasteiger partial charge in [0.05, 0.1) is 6.61 Å². The fourth-order valence-corrected chi connectivity index (χ4v) is 2.51. The lowest BCUT2D eigenvalue weighted by atomic mass is 10.1. The highest BCUT2D eigenvalue weighted by Gasteiger charge is 2.21. The lowest BCUT2D eigenvalue weighted by molar-refractivity contribution is 0.283. The number of sulfonamides is 1. The minimum absolute atomic E-state index is 0.261. The fraction of sp³-hybridized carbons (Fsp3) is 0.571. The second-order valence-electron chi connectivity index (χ2n) is 4.85. The van der Waals surface area contributed by atoms with E-state index in [9.17, 15) is 17.2 Å². The summed E-state index contributed by atoms with van der Waals surface area (Å²) in [5.74, 6) is -3.13. The van der Waals surface area contributed by atoms with Crippen LogP contribution in [0.15, 0.2) is 17.0 Å². The van der Waals surface area contributed by atoms with Gasteiger partial charge in [-0.15, -0.1) is 0 Å². The number of ether oxygens (including phenoxy) is 1. The van der Waals surface area contributed by atoms with Gasteiger partial charge in [-0.05, 0) is 18.6 Å². The quantitative estimate of drug-likeness (QED) is 0.709. The largest absolute Gasteiger partial charge is 0.490 e. The predicted octanol–water partition coefficient (Wildman–Crippen LogP) is 3.35. The molecule has 0 amide bonds. The maximum atomic E-state index is 13.6. The first-order valence-corrected chi connectivity index (χ1v) is 8.56. The number of nitrogens with two attached hydrogens (primary N) is 1. The van der Waals surface area contributed by atoms with Gasteiger partial charge in [-0.25, -0.2) is 17.9 Å². The van der Waals surface area contributed by atoms with Crippen LogP contribution < -0.4 is 9.88 Å². The Kier molecular flexibility index (Phi) is 7.04. The Labute approximate surface area is 124 Å². The van der Waals surface area contributed by atoms with Gasteiger partial charge in [0.25, 0.3) is 0 Å². The van der Waals surface area contributed by atoms with Crippen LogP contribution in [0.1, 0.15) is 45.4 Å². The normalized spacial score (nSPS) is 11.6. The molecule has 120 valence electrons. The Balaban J connectivity index is 2.52. The Morgan fingerprint density at radius 1 is 1.05 bits per heavy atom. The van der Waals surface area contributed by atoms with E-state index in [1.807, 2.05) is 0 Å². The second kappa shape index (κ2) is 8.29. The summed E-state index contributed by atoms with van der Waals surface area (Å²) in [5, 5.41) is 4.78. The highest BCUT2D eigenvalue weighted by atomic mass is 32.2. The Morgan fingerprint density at radius 2 is 1.67 bits per heavy atom. The number of primary sulfonamides is 1. The molecule has 1 rings (SSSR count). The number of benzene rings is 1. The first-order valence-electron chi connectivity index (χ1n) is 7.01. The molecular formula is C14H21F2NO3S. The molecule has 0 atom stereocenters. The van der Waals surface area contributed by atoms with E-state index < -0.39 is 26.6 Å². The van der Waals surface area contributed by atoms with E-state index in [0.29, 0.717) is 0 Å². The molecule has 0 unspecified atom stereocenters. The zero-order valence-electron chi connectivity index (χ0n) is 12.1. The summed E-state index contributed by atoms with van der Waals surface area (Å²) in [7, 11) is -4.28. The lowest BCUT2D eigenvalue weighted by Crippen LogP contribution is -2.15. The standard InChI is InChI=1S/C14H21F2NO3S/c1-2-3-4-5-6-7-10-20-11-8-9-12(21(17,18)19)14(16)13(11)15/h8-9H,2-7,10H2,1H3,(H2,17,18,19). The number of rotatable bonds is 9. The Morgan fingerprint density at radius 3 is 2.29 bits per heavy atom. The minimum atomic E-state index is -4.28. The first-order chi connectivity index (χ1) is 9.88. The monoisotopic (exact) mass is 321 g/mol. The van der Waals surface area contributed by atoms with Gasteiger partial charge in [0, 0.05) is 0 Å². The predicted molar refractivity (Wildman–Crippen MR) is 76.6 cm³/mol. The molecule has 1 aromatic rings. The summed E-state index contributed by atoms with van der Waals surface area (Å²) >= 11 is 0. The molecule has 2 N–H and O–H groups in total. The fourth-order valence-electron chi connectivity index (χ4n) is 1.91. The van der Waals surface area contributed by atoms with Crippen LogP contribution in [0.3, 0.4) is 0 Å². The Bertz CT molecular complexity index is 562. The van der Waals surface area contributed by atoms with Gasteiger partial charge in [0.1, 0.15) is 4.90 Å². The molecule has 7 heteroatoms. The van der Waals surface area contributed by atoms with Crippen molar-refractivity contribution in [2.75, 3.05) is 6.61 Å². The third-order valence-corrected chi connectivity index (χ3v) is 4.00. The maximum absolute atomic E-state index is 13.6. The van der Waals surface area contributed by atoms with Gasteiger partial charge in [-0.1, -0.05) is 39.0 Å². The van der Waals surface area contributed by atoms with Gasteiger partial charge in [-0.3, -0.25) is 0 Å². The van der Waals surface area contributed by atoms with Crippen molar-refractivity contribution >= 4 is 10.0 Å². The average molecular weight is 321 g/mol. The summed E-state index contributed by atoms with van der Waals surface area (Å²) in [6.45, 7) is 2.39. The molecule has 0 fully saturated rings. The van der Waals surface area contributed by atoms with E-state index in [2.05, 4.69) is 6.92 Å². The van der Waals surface area contributed by atoms with Crippen molar-refractivity contribution in [2.45, 2.75) is 50.3 Å². The van der Waals surface area contributed by atoms with Gasteiger partial charge < -0.3 is 4.74 Å². The number of unbranched alkanes of at least 4 members (excludes halogenated alkanes) is 5. The average Bonchev–Trinajstić information content (AvgIpc) is 2.41. The van der Waals surface area contributed by atoms with Gasteiger partial charge in [0.15, 0.2) is 11.6 Å². The van der Waals surface area contributed by atoms with Crippen LogP contribution in [0, 0.1) is 11.6 Å². The van der Waals surface area contributed by atoms with E-state index in [0.717, 1.165) is 44.2 Å². The third kappa shape index (κ3) is 5.59. The van der Waals surface area contributed by atoms with Crippen molar-refractivity contribution in [1.82, 2.24) is 0 Å². The van der Waals surface area contributed by atoms with Crippen molar-refractivity contribution < 1.29 is 21.9 Å². The van der Waals surface area contributed by atoms with Crippen molar-refractivity contribution in [3.63, 3.8) is 0 Å². The number of hydrogen-bond acceptors (Lipinski definition) is 3. The molecule has 0 radical (unpaired) electrons. The second-order valence-corrected chi connectivity index (χ2v) is 6.38. The Hall–Kier alpha value is -1.21. The van der Waals surface area contributed by atoms with Crippen LogP contribution in [-0.4, -0.2) is 15.0 Å². The molecule has 21 heavy (non-hydrogen) atoms. The molecule has 0 saturated heterocycles. The maximum Gasteiger partial charge on any atom is 0.241 e. The van der Waals surface area contributed by atoms with Crippen molar-refractivity contribution in [3.8, 4) is 5.75 Å². The smallest absolute Gasteiger partial charge is 0.241 e. The minimum Gasteiger partial charge on any atom is -0.490 e. The SMILES string of the molecule is CCCCCCCCOc1ccc(S(N)(=O)=O)c(F)c1F. The van der Waals surface area contributed by atoms with E-state index in [4.69, 9.17) is 9.88 Å². The number of hydrogen-bond donors (Lipinski definition) is 1. The first kappa shape index (κ1) is 17.8. The van der Waals surface area contributed by atoms with E-state index in [-0.39, 0.29) is 12.4 Å². The summed E-state index contributed by atoms with van der Waals surface area (Å²) in [5.41, 5.74) is 0. The van der Waals surface area contributed by atoms with E-state index >= 15 is 0 Å². The third-order valence-electron chi connectivity index (χ3n) is 3.07. The molecule has 0 aromatic heterocycles. The molecule has 0 saturated carbocycles. The topological polar surface area (TPSA) is 69.4 Å². The van der Waals surface area contributed by atoms with Crippen LogP contribution in [0.2, 0.25) is 0 Å². The van der Waals surface area contributed by atoms with Crippen LogP contribution in [-0.2, 0) is 10.0 Å². The van der Waals surface area contributed by atoms with Gasteiger partial charge in [-0.2, -0.15) is 4.39 Å². The van der Waals surface area contributed by atoms with Crippen LogP contribution in [0.25, 0.3) is 0 Å². The summed E-state index contributed by atoms with van der Waals surface area (Å²) in [4.78, 5) is -0.869. The lowest BCUT2D eigenvalue weighted by Gasteiger charge is -2.09. The summed E-state index contributed by atoms with van der Waals surface area (Å²) in [6, 6.07) is 1.99. The zero-order chi connectivity index (χ0) is 15.9. The summed E-state index contributed by atoms with van der Waals surface area (Å²) < 4.78 is 54.4. The molecule has 0 bridgehead atoms. The highest BCUT2D eigenvalue weighted by molar-refractivity contribution is 7.89. The summed E-state index contributed by atoms with van der Waals surface area (Å²) in [6.07, 6.45) is 6.29. The molecule has 0 aliphatic rings. The molecule has 0 aliphatic carbocycles. The van der Waals surface area contributed by atoms with Crippen LogP contribution >= 0.6 is 0 Å². The number of halogens is 2. The molecule has 0 heterocycles. The van der Waals surface area contributed by atoms with Crippen molar-refractivity contribution in [3.05, 3.63) is 23.8 Å². The van der Waals surface area contributed by atoms with Crippen molar-refractivity contribution in [2.24, 2.45) is 5.14 Å². The molecule has 0 aliphatic heterocycles. The molecule has 1 aromatic carbocycles. The van der Waals surface area contributed by atoms with Gasteiger partial charge in [0.2, 0.25) is 15.8 Å². The molecule has 0 spiro atoms.